The van der Waals surface area contributed by atoms with E-state index in [0.717, 1.165) is 5.57 Å². The summed E-state index contributed by atoms with van der Waals surface area (Å²) in [5.41, 5.74) is 9.60. The highest BCUT2D eigenvalue weighted by Gasteiger charge is 2.26. The summed E-state index contributed by atoms with van der Waals surface area (Å²) < 4.78 is 5.10. The molecule has 1 heterocycles. The number of allylic oxidation sites excluding steroid dienone is 2. The molecule has 0 aromatic carbocycles. The van der Waals surface area contributed by atoms with Crippen molar-refractivity contribution in [1.82, 2.24) is 5.53 Å². The van der Waals surface area contributed by atoms with Crippen LogP contribution in [0.2, 0.25) is 0 Å². The van der Waals surface area contributed by atoms with Gasteiger partial charge in [-0.2, -0.15) is 0 Å². The average molecular weight is 165 g/mol. The van der Waals surface area contributed by atoms with Crippen LogP contribution in [0, 0.1) is 5.41 Å². The van der Waals surface area contributed by atoms with Crippen molar-refractivity contribution in [2.75, 3.05) is 0 Å². The molecule has 0 aromatic rings. The van der Waals surface area contributed by atoms with Crippen LogP contribution in [0.3, 0.4) is 0 Å². The van der Waals surface area contributed by atoms with Crippen molar-refractivity contribution in [1.29, 1.82) is 0 Å². The first-order valence-corrected chi connectivity index (χ1v) is 3.92. The zero-order chi connectivity index (χ0) is 9.19. The Kier molecular flexibility index (Phi) is 2.31. The van der Waals surface area contributed by atoms with E-state index in [1.54, 1.807) is 0 Å². The first kappa shape index (κ1) is 8.97. The summed E-state index contributed by atoms with van der Waals surface area (Å²) in [6, 6.07) is 0. The van der Waals surface area contributed by atoms with E-state index >= 15 is 0 Å². The number of hydrogen-bond donors (Lipinski definition) is 0. The van der Waals surface area contributed by atoms with Gasteiger partial charge in [-0.25, -0.2) is 0 Å². The Morgan fingerprint density at radius 2 is 2.17 bits per heavy atom. The van der Waals surface area contributed by atoms with Crippen molar-refractivity contribution >= 4 is 0 Å². The number of hydrogen-bond acceptors (Lipinski definition) is 2. The Morgan fingerprint density at radius 1 is 1.50 bits per heavy atom. The lowest BCUT2D eigenvalue weighted by Crippen LogP contribution is -2.23. The molecule has 1 unspecified atom stereocenters. The molecule has 0 N–H and O–H groups in total. The normalized spacial score (nSPS) is 22.9. The molecule has 12 heavy (non-hydrogen) atoms. The topological polar surface area (TPSA) is 43.9 Å². The fourth-order valence-electron chi connectivity index (χ4n) is 1.13. The summed E-state index contributed by atoms with van der Waals surface area (Å²) in [4.78, 5) is 0. The molecule has 1 aliphatic heterocycles. The zero-order valence-electron chi connectivity index (χ0n) is 7.61. The van der Waals surface area contributed by atoms with Crippen molar-refractivity contribution in [2.45, 2.75) is 27.0 Å². The summed E-state index contributed by atoms with van der Waals surface area (Å²) in [7, 11) is 0. The van der Waals surface area contributed by atoms with Crippen molar-refractivity contribution in [3.8, 4) is 0 Å². The Balaban J connectivity index is 2.91. The van der Waals surface area contributed by atoms with Gasteiger partial charge in [-0.15, -0.1) is 5.11 Å². The quantitative estimate of drug-likeness (QED) is 0.548. The maximum atomic E-state index is 8.65. The summed E-state index contributed by atoms with van der Waals surface area (Å²) in [5.74, 6) is 0. The van der Waals surface area contributed by atoms with Crippen LogP contribution in [-0.4, -0.2) is 6.23 Å². The number of ether oxygens (including phenoxy) is 1. The lowest BCUT2D eigenvalue weighted by atomic mass is 9.84. The smallest absolute Gasteiger partial charge is 0.232 e. The van der Waals surface area contributed by atoms with Gasteiger partial charge in [0.1, 0.15) is 0 Å². The molecule has 0 amide bonds. The molecule has 1 radical (unpaired) electrons. The van der Waals surface area contributed by atoms with Crippen LogP contribution in [0.1, 0.15) is 20.8 Å². The summed E-state index contributed by atoms with van der Waals surface area (Å²) >= 11 is 0. The van der Waals surface area contributed by atoms with Crippen molar-refractivity contribution < 1.29 is 4.74 Å². The van der Waals surface area contributed by atoms with E-state index in [1.165, 1.54) is 6.26 Å². The van der Waals surface area contributed by atoms with Gasteiger partial charge in [-0.05, 0) is 22.6 Å². The van der Waals surface area contributed by atoms with E-state index in [9.17, 15) is 0 Å². The van der Waals surface area contributed by atoms with Gasteiger partial charge in [-0.3, -0.25) is 0 Å². The average Bonchev–Trinajstić information content (AvgIpc) is 2.03. The third-order valence-corrected chi connectivity index (χ3v) is 1.80. The second kappa shape index (κ2) is 3.09. The molecule has 3 heteroatoms. The van der Waals surface area contributed by atoms with Gasteiger partial charge in [0.25, 0.3) is 0 Å². The van der Waals surface area contributed by atoms with Crippen LogP contribution < -0.4 is 5.53 Å². The molecule has 1 rings (SSSR count). The largest absolute Gasteiger partial charge is 0.471 e. The van der Waals surface area contributed by atoms with Crippen LogP contribution in [0.5, 0.6) is 0 Å². The fourth-order valence-corrected chi connectivity index (χ4v) is 1.13. The lowest BCUT2D eigenvalue weighted by molar-refractivity contribution is 0.152. The Labute approximate surface area is 72.6 Å². The lowest BCUT2D eigenvalue weighted by Gasteiger charge is -2.27. The SMILES string of the molecule is CC(C)(C)C1=CC=COC1N=[N]. The van der Waals surface area contributed by atoms with E-state index in [-0.39, 0.29) is 5.41 Å². The Bertz CT molecular complexity index is 235. The van der Waals surface area contributed by atoms with Crippen molar-refractivity contribution in [3.63, 3.8) is 0 Å². The molecule has 0 spiro atoms. The first-order chi connectivity index (χ1) is 5.55. The third kappa shape index (κ3) is 1.72. The first-order valence-electron chi connectivity index (χ1n) is 3.92. The molecule has 3 nitrogen and oxygen atoms in total. The Hall–Kier alpha value is -1.12. The third-order valence-electron chi connectivity index (χ3n) is 1.80. The number of nitrogens with zero attached hydrogens (tertiary/aromatic N) is 2. The highest BCUT2D eigenvalue weighted by atomic mass is 16.5. The van der Waals surface area contributed by atoms with E-state index in [1.807, 2.05) is 12.2 Å². The summed E-state index contributed by atoms with van der Waals surface area (Å²) in [6.07, 6.45) is 4.73. The van der Waals surface area contributed by atoms with Crippen molar-refractivity contribution in [2.24, 2.45) is 10.5 Å². The molecule has 65 valence electrons. The second-order valence-corrected chi connectivity index (χ2v) is 3.80. The van der Waals surface area contributed by atoms with Gasteiger partial charge >= 0.3 is 0 Å². The zero-order valence-corrected chi connectivity index (χ0v) is 7.61. The molecule has 1 atom stereocenters. The van der Waals surface area contributed by atoms with Gasteiger partial charge in [0.15, 0.2) is 0 Å². The standard InChI is InChI=1S/C9H13N2O/c1-9(2,3)7-5-4-6-12-8(7)11-10/h4-6,8H,1-3H3. The van der Waals surface area contributed by atoms with Gasteiger partial charge in [-0.1, -0.05) is 26.8 Å². The summed E-state index contributed by atoms with van der Waals surface area (Å²) in [5, 5.41) is 3.15. The van der Waals surface area contributed by atoms with Crippen LogP contribution in [0.4, 0.5) is 0 Å². The van der Waals surface area contributed by atoms with Gasteiger partial charge in [0.05, 0.1) is 6.26 Å². The molecule has 0 bridgehead atoms. The molecular formula is C9H13N2O. The highest BCUT2D eigenvalue weighted by Crippen LogP contribution is 2.31. The molecule has 0 saturated carbocycles. The number of rotatable bonds is 1. The molecule has 1 aliphatic rings. The maximum absolute atomic E-state index is 8.65. The van der Waals surface area contributed by atoms with E-state index in [4.69, 9.17) is 10.3 Å². The van der Waals surface area contributed by atoms with Crippen LogP contribution >= 0.6 is 0 Å². The monoisotopic (exact) mass is 165 g/mol. The van der Waals surface area contributed by atoms with Gasteiger partial charge < -0.3 is 4.74 Å². The Morgan fingerprint density at radius 3 is 2.58 bits per heavy atom. The van der Waals surface area contributed by atoms with Crippen LogP contribution in [0.25, 0.3) is 0 Å². The fraction of sp³-hybridized carbons (Fsp3) is 0.556. The van der Waals surface area contributed by atoms with Crippen molar-refractivity contribution in [3.05, 3.63) is 24.0 Å². The summed E-state index contributed by atoms with van der Waals surface area (Å²) in [6.45, 7) is 6.17. The molecule has 0 aromatic heterocycles. The molecule has 0 fully saturated rings. The molecular weight excluding hydrogens is 152 g/mol. The minimum Gasteiger partial charge on any atom is -0.471 e. The van der Waals surface area contributed by atoms with E-state index < -0.39 is 6.23 Å². The van der Waals surface area contributed by atoms with E-state index in [2.05, 4.69) is 25.9 Å². The van der Waals surface area contributed by atoms with Crippen LogP contribution in [0.15, 0.2) is 29.1 Å². The second-order valence-electron chi connectivity index (χ2n) is 3.80. The predicted octanol–water partition coefficient (Wildman–Crippen LogP) is 2.08. The maximum Gasteiger partial charge on any atom is 0.232 e. The minimum absolute atomic E-state index is 0.0261. The minimum atomic E-state index is -0.532. The van der Waals surface area contributed by atoms with Gasteiger partial charge in [0, 0.05) is 0 Å². The van der Waals surface area contributed by atoms with Crippen LogP contribution in [-0.2, 0) is 4.74 Å². The van der Waals surface area contributed by atoms with E-state index in [0.29, 0.717) is 0 Å². The predicted molar refractivity (Wildman–Crippen MR) is 46.1 cm³/mol. The molecule has 0 saturated heterocycles. The molecule has 0 aliphatic carbocycles. The van der Waals surface area contributed by atoms with Gasteiger partial charge in [0.2, 0.25) is 6.23 Å². The highest BCUT2D eigenvalue weighted by molar-refractivity contribution is 5.23.